The molecule has 2 rings (SSSR count). The van der Waals surface area contributed by atoms with Crippen LogP contribution < -0.4 is 5.56 Å². The third-order valence-corrected chi connectivity index (χ3v) is 3.78. The Morgan fingerprint density at radius 3 is 2.45 bits per heavy atom. The predicted octanol–water partition coefficient (Wildman–Crippen LogP) is -0.355. The SMILES string of the molecule is O=C(O)c1cc(=O)n(-c2ccc(CCO)cc2S(=O)(=O)O)[nH]1. The second kappa shape index (κ2) is 5.75. The molecule has 0 saturated carbocycles. The van der Waals surface area contributed by atoms with Gasteiger partial charge in [-0.1, -0.05) is 6.07 Å². The average molecular weight is 328 g/mol. The molecule has 0 aliphatic carbocycles. The summed E-state index contributed by atoms with van der Waals surface area (Å²) in [5, 5.41) is 19.9. The summed E-state index contributed by atoms with van der Waals surface area (Å²) in [4.78, 5) is 22.1. The molecular weight excluding hydrogens is 316 g/mol. The minimum Gasteiger partial charge on any atom is -0.477 e. The normalized spacial score (nSPS) is 11.5. The third kappa shape index (κ3) is 3.08. The molecule has 1 aromatic heterocycles. The number of carbonyl (C=O) groups is 1. The van der Waals surface area contributed by atoms with Crippen molar-refractivity contribution in [1.82, 2.24) is 9.78 Å². The van der Waals surface area contributed by atoms with Crippen LogP contribution in [0.3, 0.4) is 0 Å². The number of hydrogen-bond acceptors (Lipinski definition) is 5. The number of benzene rings is 1. The summed E-state index contributed by atoms with van der Waals surface area (Å²) >= 11 is 0. The van der Waals surface area contributed by atoms with E-state index in [-0.39, 0.29) is 18.7 Å². The molecule has 0 aliphatic heterocycles. The van der Waals surface area contributed by atoms with Crippen molar-refractivity contribution in [2.75, 3.05) is 6.61 Å². The quantitative estimate of drug-likeness (QED) is 0.548. The van der Waals surface area contributed by atoms with E-state index in [2.05, 4.69) is 5.10 Å². The van der Waals surface area contributed by atoms with Crippen LogP contribution in [0.15, 0.2) is 34.0 Å². The molecule has 0 atom stereocenters. The molecule has 0 radical (unpaired) electrons. The first kappa shape index (κ1) is 15.9. The molecular formula is C12H12N2O7S. The van der Waals surface area contributed by atoms with Crippen molar-refractivity contribution in [1.29, 1.82) is 0 Å². The first-order valence-electron chi connectivity index (χ1n) is 6.01. The molecule has 0 aliphatic rings. The Kier molecular flexibility index (Phi) is 4.17. The van der Waals surface area contributed by atoms with Gasteiger partial charge in [-0.3, -0.25) is 14.4 Å². The summed E-state index contributed by atoms with van der Waals surface area (Å²) in [6.07, 6.45) is 0.156. The van der Waals surface area contributed by atoms with Gasteiger partial charge in [0.05, 0.1) is 5.69 Å². The van der Waals surface area contributed by atoms with E-state index in [0.717, 1.165) is 12.1 Å². The summed E-state index contributed by atoms with van der Waals surface area (Å²) in [6.45, 7) is -0.226. The summed E-state index contributed by atoms with van der Waals surface area (Å²) in [5.41, 5.74) is -1.01. The van der Waals surface area contributed by atoms with E-state index in [1.54, 1.807) is 0 Å². The summed E-state index contributed by atoms with van der Waals surface area (Å²) in [7, 11) is -4.66. The molecule has 10 heteroatoms. The number of aromatic nitrogens is 2. The number of aromatic carboxylic acids is 1. The standard InChI is InChI=1S/C12H12N2O7S/c15-4-3-7-1-2-9(10(5-7)22(19,20)21)14-11(16)6-8(13-14)12(17)18/h1-2,5-6,13,15H,3-4H2,(H,17,18)(H,19,20,21). The Hall–Kier alpha value is -2.43. The van der Waals surface area contributed by atoms with Gasteiger partial charge in [-0.25, -0.2) is 9.48 Å². The molecule has 0 amide bonds. The van der Waals surface area contributed by atoms with Crippen molar-refractivity contribution in [3.63, 3.8) is 0 Å². The summed E-state index contributed by atoms with van der Waals surface area (Å²) < 4.78 is 33.0. The van der Waals surface area contributed by atoms with Crippen molar-refractivity contribution in [3.8, 4) is 5.69 Å². The van der Waals surface area contributed by atoms with E-state index >= 15 is 0 Å². The number of rotatable bonds is 5. The maximum Gasteiger partial charge on any atom is 0.353 e. The highest BCUT2D eigenvalue weighted by atomic mass is 32.2. The van der Waals surface area contributed by atoms with Crippen molar-refractivity contribution in [2.24, 2.45) is 0 Å². The molecule has 0 fully saturated rings. The van der Waals surface area contributed by atoms with Crippen LogP contribution in [0.5, 0.6) is 0 Å². The Balaban J connectivity index is 2.70. The number of nitrogens with one attached hydrogen (secondary N) is 1. The zero-order valence-electron chi connectivity index (χ0n) is 11.1. The molecule has 4 N–H and O–H groups in total. The molecule has 22 heavy (non-hydrogen) atoms. The monoisotopic (exact) mass is 328 g/mol. The number of aliphatic hydroxyl groups is 1. The van der Waals surface area contributed by atoms with Crippen molar-refractivity contribution >= 4 is 16.1 Å². The highest BCUT2D eigenvalue weighted by Crippen LogP contribution is 2.20. The van der Waals surface area contributed by atoms with E-state index < -0.39 is 32.2 Å². The topological polar surface area (TPSA) is 150 Å². The Bertz CT molecular complexity index is 879. The van der Waals surface area contributed by atoms with Gasteiger partial charge in [0.2, 0.25) is 0 Å². The molecule has 2 aromatic rings. The van der Waals surface area contributed by atoms with Gasteiger partial charge in [0, 0.05) is 12.7 Å². The van der Waals surface area contributed by atoms with Gasteiger partial charge in [0.1, 0.15) is 10.6 Å². The van der Waals surface area contributed by atoms with Crippen LogP contribution in [0, 0.1) is 0 Å². The maximum atomic E-state index is 11.8. The lowest BCUT2D eigenvalue weighted by Gasteiger charge is -2.09. The Morgan fingerprint density at radius 2 is 1.95 bits per heavy atom. The van der Waals surface area contributed by atoms with Crippen LogP contribution in [0.2, 0.25) is 0 Å². The van der Waals surface area contributed by atoms with Gasteiger partial charge in [0.25, 0.3) is 15.7 Å². The second-order valence-electron chi connectivity index (χ2n) is 4.40. The van der Waals surface area contributed by atoms with Crippen LogP contribution in [-0.4, -0.2) is 45.5 Å². The minimum atomic E-state index is -4.66. The first-order valence-corrected chi connectivity index (χ1v) is 7.45. The van der Waals surface area contributed by atoms with Crippen LogP contribution >= 0.6 is 0 Å². The third-order valence-electron chi connectivity index (χ3n) is 2.89. The van der Waals surface area contributed by atoms with Gasteiger partial charge in [0.15, 0.2) is 0 Å². The zero-order valence-corrected chi connectivity index (χ0v) is 11.9. The molecule has 0 saturated heterocycles. The predicted molar refractivity (Wildman–Crippen MR) is 74.0 cm³/mol. The molecule has 0 spiro atoms. The van der Waals surface area contributed by atoms with E-state index in [1.165, 1.54) is 12.1 Å². The highest BCUT2D eigenvalue weighted by molar-refractivity contribution is 7.86. The van der Waals surface area contributed by atoms with E-state index in [0.29, 0.717) is 10.2 Å². The van der Waals surface area contributed by atoms with Gasteiger partial charge in [-0.2, -0.15) is 8.42 Å². The van der Waals surface area contributed by atoms with Crippen molar-refractivity contribution in [2.45, 2.75) is 11.3 Å². The van der Waals surface area contributed by atoms with Crippen LogP contribution in [0.25, 0.3) is 5.69 Å². The fourth-order valence-electron chi connectivity index (χ4n) is 1.92. The van der Waals surface area contributed by atoms with Crippen molar-refractivity contribution in [3.05, 3.63) is 45.9 Å². The Morgan fingerprint density at radius 1 is 1.27 bits per heavy atom. The van der Waals surface area contributed by atoms with Crippen LogP contribution in [-0.2, 0) is 16.5 Å². The second-order valence-corrected chi connectivity index (χ2v) is 5.79. The van der Waals surface area contributed by atoms with Gasteiger partial charge < -0.3 is 10.2 Å². The fraction of sp³-hybridized carbons (Fsp3) is 0.167. The number of carboxylic acids is 1. The lowest BCUT2D eigenvalue weighted by Crippen LogP contribution is -2.17. The summed E-state index contributed by atoms with van der Waals surface area (Å²) in [6, 6.07) is 4.58. The van der Waals surface area contributed by atoms with Gasteiger partial charge >= 0.3 is 5.97 Å². The van der Waals surface area contributed by atoms with Gasteiger partial charge in [-0.05, 0) is 24.1 Å². The van der Waals surface area contributed by atoms with E-state index in [9.17, 15) is 22.6 Å². The smallest absolute Gasteiger partial charge is 0.353 e. The van der Waals surface area contributed by atoms with E-state index in [4.69, 9.17) is 10.2 Å². The van der Waals surface area contributed by atoms with Crippen LogP contribution in [0.1, 0.15) is 16.1 Å². The molecule has 1 heterocycles. The zero-order chi connectivity index (χ0) is 16.5. The first-order chi connectivity index (χ1) is 10.2. The highest BCUT2D eigenvalue weighted by Gasteiger charge is 2.20. The minimum absolute atomic E-state index is 0.156. The number of H-pyrrole nitrogens is 1. The maximum absolute atomic E-state index is 11.8. The van der Waals surface area contributed by atoms with Crippen molar-refractivity contribution < 1.29 is 28.0 Å². The van der Waals surface area contributed by atoms with Gasteiger partial charge in [-0.15, -0.1) is 0 Å². The lowest BCUT2D eigenvalue weighted by atomic mass is 10.1. The number of hydrogen-bond donors (Lipinski definition) is 4. The number of aromatic amines is 1. The van der Waals surface area contributed by atoms with E-state index in [1.807, 2.05) is 0 Å². The molecule has 0 unspecified atom stereocenters. The number of aliphatic hydroxyl groups excluding tert-OH is 1. The average Bonchev–Trinajstić information content (AvgIpc) is 2.80. The largest absolute Gasteiger partial charge is 0.477 e. The Labute approximate surface area is 124 Å². The van der Waals surface area contributed by atoms with Crippen LogP contribution in [0.4, 0.5) is 0 Å². The molecule has 1 aromatic carbocycles. The lowest BCUT2D eigenvalue weighted by molar-refractivity contribution is 0.0690. The number of nitrogens with zero attached hydrogens (tertiary/aromatic N) is 1. The molecule has 0 bridgehead atoms. The molecule has 118 valence electrons. The molecule has 9 nitrogen and oxygen atoms in total. The number of carboxylic acid groups (broad SMARTS) is 1. The fourth-order valence-corrected chi connectivity index (χ4v) is 2.64. The summed E-state index contributed by atoms with van der Waals surface area (Å²) in [5.74, 6) is -1.39.